The summed E-state index contributed by atoms with van der Waals surface area (Å²) in [5.74, 6) is -0.986. The lowest BCUT2D eigenvalue weighted by Crippen LogP contribution is -2.08. The second-order valence-electron chi connectivity index (χ2n) is 2.52. The van der Waals surface area contributed by atoms with Crippen LogP contribution in [0, 0.1) is 0 Å². The van der Waals surface area contributed by atoms with Crippen molar-refractivity contribution in [2.24, 2.45) is 5.73 Å². The number of nitrogens with two attached hydrogens (primary N) is 1. The molecule has 0 aromatic rings. The highest BCUT2D eigenvalue weighted by molar-refractivity contribution is 5.90. The lowest BCUT2D eigenvalue weighted by atomic mass is 10.1. The van der Waals surface area contributed by atoms with Gasteiger partial charge < -0.3 is 10.8 Å². The summed E-state index contributed by atoms with van der Waals surface area (Å²) < 4.78 is 0. The van der Waals surface area contributed by atoms with Crippen molar-refractivity contribution in [1.29, 1.82) is 0 Å². The minimum Gasteiger partial charge on any atom is -0.478 e. The van der Waals surface area contributed by atoms with Crippen LogP contribution in [0.25, 0.3) is 0 Å². The third kappa shape index (κ3) is 4.15. The highest BCUT2D eigenvalue weighted by Crippen LogP contribution is 2.06. The van der Waals surface area contributed by atoms with Crippen LogP contribution in [0.2, 0.25) is 0 Å². The minimum absolute atomic E-state index is 0.167. The van der Waals surface area contributed by atoms with Gasteiger partial charge in [-0.15, -0.1) is 0 Å². The number of hydrogen-bond acceptors (Lipinski definition) is 2. The number of aliphatic carboxylic acids is 1. The van der Waals surface area contributed by atoms with E-state index in [-0.39, 0.29) is 5.57 Å². The number of carboxylic acids is 1. The summed E-state index contributed by atoms with van der Waals surface area (Å²) in [5, 5.41) is 8.76. The predicted molar refractivity (Wildman–Crippen MR) is 53.1 cm³/mol. The van der Waals surface area contributed by atoms with Crippen molar-refractivity contribution in [2.45, 2.75) is 20.3 Å². The van der Waals surface area contributed by atoms with Crippen LogP contribution in [0.4, 0.5) is 0 Å². The molecule has 0 aromatic carbocycles. The maximum absolute atomic E-state index is 10.7. The van der Waals surface area contributed by atoms with Gasteiger partial charge in [-0.25, -0.2) is 4.79 Å². The van der Waals surface area contributed by atoms with Gasteiger partial charge in [-0.05, 0) is 13.8 Å². The van der Waals surface area contributed by atoms with Crippen molar-refractivity contribution >= 4 is 5.97 Å². The van der Waals surface area contributed by atoms with Crippen LogP contribution in [0.3, 0.4) is 0 Å². The van der Waals surface area contributed by atoms with Gasteiger partial charge in [0.25, 0.3) is 0 Å². The van der Waals surface area contributed by atoms with Crippen molar-refractivity contribution < 1.29 is 9.90 Å². The van der Waals surface area contributed by atoms with Crippen LogP contribution in [-0.2, 0) is 4.79 Å². The zero-order valence-electron chi connectivity index (χ0n) is 7.95. The fraction of sp³-hybridized carbons (Fsp3) is 0.300. The monoisotopic (exact) mass is 181 g/mol. The number of allylic oxidation sites excluding steroid dienone is 3. The molecule has 0 spiro atoms. The van der Waals surface area contributed by atoms with Crippen LogP contribution in [0.15, 0.2) is 35.6 Å². The Hall–Kier alpha value is -1.51. The van der Waals surface area contributed by atoms with Gasteiger partial charge in [-0.1, -0.05) is 24.3 Å². The van der Waals surface area contributed by atoms with Crippen molar-refractivity contribution in [3.8, 4) is 0 Å². The predicted octanol–water partition coefficient (Wildman–Crippen LogP) is 1.83. The van der Waals surface area contributed by atoms with Crippen LogP contribution in [0.5, 0.6) is 0 Å². The summed E-state index contributed by atoms with van der Waals surface area (Å²) in [6, 6.07) is 0. The molecule has 0 atom stereocenters. The molecule has 3 N–H and O–H groups in total. The second kappa shape index (κ2) is 6.06. The summed E-state index contributed by atoms with van der Waals surface area (Å²) in [4.78, 5) is 10.7. The fourth-order valence-corrected chi connectivity index (χ4v) is 0.837. The third-order valence-corrected chi connectivity index (χ3v) is 1.48. The largest absolute Gasteiger partial charge is 0.478 e. The molecule has 0 amide bonds. The Balaban J connectivity index is 4.74. The lowest BCUT2D eigenvalue weighted by molar-refractivity contribution is -0.132. The fourth-order valence-electron chi connectivity index (χ4n) is 0.837. The first-order chi connectivity index (χ1) is 6.13. The summed E-state index contributed by atoms with van der Waals surface area (Å²) in [6.07, 6.45) is 7.29. The molecule has 72 valence electrons. The highest BCUT2D eigenvalue weighted by Gasteiger charge is 2.06. The average molecular weight is 181 g/mol. The van der Waals surface area contributed by atoms with E-state index in [0.29, 0.717) is 12.1 Å². The molecule has 0 aliphatic carbocycles. The van der Waals surface area contributed by atoms with E-state index in [4.69, 9.17) is 10.8 Å². The average Bonchev–Trinajstić information content (AvgIpc) is 2.09. The third-order valence-electron chi connectivity index (χ3n) is 1.48. The van der Waals surface area contributed by atoms with Gasteiger partial charge in [0, 0.05) is 12.1 Å². The Kier molecular flexibility index (Phi) is 5.35. The normalized spacial score (nSPS) is 13.7. The second-order valence-corrected chi connectivity index (χ2v) is 2.52. The SMILES string of the molecule is C/C=C\C/C(N)=C(\C=C/C)C(=O)O. The van der Waals surface area contributed by atoms with Crippen LogP contribution >= 0.6 is 0 Å². The molecule has 0 saturated heterocycles. The van der Waals surface area contributed by atoms with Crippen molar-refractivity contribution in [2.75, 3.05) is 0 Å². The molecule has 0 radical (unpaired) electrons. The van der Waals surface area contributed by atoms with Gasteiger partial charge in [0.05, 0.1) is 5.57 Å². The molecular weight excluding hydrogens is 166 g/mol. The molecule has 0 aliphatic rings. The highest BCUT2D eigenvalue weighted by atomic mass is 16.4. The Bertz CT molecular complexity index is 262. The Labute approximate surface area is 78.3 Å². The molecule has 0 rings (SSSR count). The van der Waals surface area contributed by atoms with Crippen molar-refractivity contribution in [3.05, 3.63) is 35.6 Å². The zero-order chi connectivity index (χ0) is 10.3. The molecule has 3 heteroatoms. The molecule has 0 unspecified atom stereocenters. The van der Waals surface area contributed by atoms with Crippen LogP contribution < -0.4 is 5.73 Å². The van der Waals surface area contributed by atoms with E-state index in [1.807, 2.05) is 19.1 Å². The molecule has 0 bridgehead atoms. The van der Waals surface area contributed by atoms with E-state index in [1.165, 1.54) is 6.08 Å². The lowest BCUT2D eigenvalue weighted by Gasteiger charge is -2.00. The Morgan fingerprint density at radius 1 is 1.38 bits per heavy atom. The van der Waals surface area contributed by atoms with E-state index < -0.39 is 5.97 Å². The maximum atomic E-state index is 10.7. The topological polar surface area (TPSA) is 63.3 Å². The summed E-state index contributed by atoms with van der Waals surface area (Å²) in [7, 11) is 0. The van der Waals surface area contributed by atoms with Gasteiger partial charge in [0.1, 0.15) is 0 Å². The Morgan fingerprint density at radius 2 is 2.00 bits per heavy atom. The van der Waals surface area contributed by atoms with E-state index in [0.717, 1.165) is 0 Å². The van der Waals surface area contributed by atoms with Crippen molar-refractivity contribution in [3.63, 3.8) is 0 Å². The molecule has 0 aliphatic heterocycles. The van der Waals surface area contributed by atoms with E-state index >= 15 is 0 Å². The zero-order valence-corrected chi connectivity index (χ0v) is 7.95. The number of carbonyl (C=O) groups is 1. The molecule has 0 heterocycles. The number of rotatable bonds is 4. The summed E-state index contributed by atoms with van der Waals surface area (Å²) in [5.41, 5.74) is 6.13. The number of carboxylic acid groups (broad SMARTS) is 1. The van der Waals surface area contributed by atoms with E-state index in [2.05, 4.69) is 0 Å². The van der Waals surface area contributed by atoms with Gasteiger partial charge in [0.15, 0.2) is 0 Å². The van der Waals surface area contributed by atoms with Gasteiger partial charge >= 0.3 is 5.97 Å². The molecule has 0 fully saturated rings. The molecule has 13 heavy (non-hydrogen) atoms. The van der Waals surface area contributed by atoms with Gasteiger partial charge in [0.2, 0.25) is 0 Å². The van der Waals surface area contributed by atoms with Crippen LogP contribution in [-0.4, -0.2) is 11.1 Å². The summed E-state index contributed by atoms with van der Waals surface area (Å²) in [6.45, 7) is 3.62. The minimum atomic E-state index is -0.986. The first kappa shape index (κ1) is 11.5. The quantitative estimate of drug-likeness (QED) is 0.395. The Morgan fingerprint density at radius 3 is 2.38 bits per heavy atom. The maximum Gasteiger partial charge on any atom is 0.337 e. The summed E-state index contributed by atoms with van der Waals surface area (Å²) >= 11 is 0. The van der Waals surface area contributed by atoms with E-state index in [1.54, 1.807) is 13.0 Å². The van der Waals surface area contributed by atoms with Crippen molar-refractivity contribution in [1.82, 2.24) is 0 Å². The smallest absolute Gasteiger partial charge is 0.337 e. The molecule has 0 saturated carbocycles. The molecule has 3 nitrogen and oxygen atoms in total. The number of hydrogen-bond donors (Lipinski definition) is 2. The standard InChI is InChI=1S/C10H15NO2/c1-3-5-7-9(11)8(6-4-2)10(12)13/h3-6H,7,11H2,1-2H3,(H,12,13)/b5-3-,6-4-,9-8-. The first-order valence-electron chi connectivity index (χ1n) is 4.09. The first-order valence-corrected chi connectivity index (χ1v) is 4.09. The molecular formula is C10H15NO2. The molecule has 0 aromatic heterocycles. The van der Waals surface area contributed by atoms with E-state index in [9.17, 15) is 4.79 Å². The van der Waals surface area contributed by atoms with Crippen LogP contribution in [0.1, 0.15) is 20.3 Å². The van der Waals surface area contributed by atoms with Gasteiger partial charge in [-0.2, -0.15) is 0 Å². The van der Waals surface area contributed by atoms with Gasteiger partial charge in [-0.3, -0.25) is 0 Å².